The van der Waals surface area contributed by atoms with Gasteiger partial charge in [0.2, 0.25) is 5.91 Å². The van der Waals surface area contributed by atoms with Crippen molar-refractivity contribution in [3.63, 3.8) is 0 Å². The first-order valence-electron chi connectivity index (χ1n) is 9.37. The van der Waals surface area contributed by atoms with Crippen LogP contribution in [0.15, 0.2) is 54.7 Å². The fourth-order valence-electron chi connectivity index (χ4n) is 3.56. The Morgan fingerprint density at radius 3 is 2.38 bits per heavy atom. The summed E-state index contributed by atoms with van der Waals surface area (Å²) in [6.45, 7) is 1.48. The molecule has 29 heavy (non-hydrogen) atoms. The van der Waals surface area contributed by atoms with Crippen LogP contribution in [0.4, 0.5) is 8.78 Å². The molecular weight excluding hydrogens is 376 g/mol. The van der Waals surface area contributed by atoms with Crippen molar-refractivity contribution >= 4 is 22.7 Å². The summed E-state index contributed by atoms with van der Waals surface area (Å²) in [5.74, 6) is -2.43. The van der Waals surface area contributed by atoms with Gasteiger partial charge in [0, 0.05) is 43.3 Å². The third-order valence-electron chi connectivity index (χ3n) is 5.14. The van der Waals surface area contributed by atoms with Gasteiger partial charge in [-0.1, -0.05) is 24.3 Å². The van der Waals surface area contributed by atoms with Gasteiger partial charge in [-0.3, -0.25) is 14.6 Å². The number of rotatable bonds is 3. The average Bonchev–Trinajstić information content (AvgIpc) is 2.75. The number of fused-ring (bicyclic) bond motifs is 1. The number of amides is 2. The summed E-state index contributed by atoms with van der Waals surface area (Å²) in [5.41, 5.74) is 1.79. The maximum atomic E-state index is 13.4. The monoisotopic (exact) mass is 395 g/mol. The molecule has 4 rings (SSSR count). The maximum Gasteiger partial charge on any atom is 0.254 e. The number of piperazine rings is 1. The number of hydrogen-bond acceptors (Lipinski definition) is 3. The van der Waals surface area contributed by atoms with Crippen molar-refractivity contribution in [2.75, 3.05) is 26.2 Å². The predicted molar refractivity (Wildman–Crippen MR) is 104 cm³/mol. The maximum absolute atomic E-state index is 13.4. The number of pyridine rings is 1. The number of benzene rings is 2. The molecule has 0 spiro atoms. The van der Waals surface area contributed by atoms with Crippen molar-refractivity contribution in [3.05, 3.63) is 77.5 Å². The molecule has 1 fully saturated rings. The zero-order chi connectivity index (χ0) is 20.4. The summed E-state index contributed by atoms with van der Waals surface area (Å²) in [6, 6.07) is 12.7. The van der Waals surface area contributed by atoms with Crippen LogP contribution in [0, 0.1) is 11.6 Å². The van der Waals surface area contributed by atoms with E-state index >= 15 is 0 Å². The van der Waals surface area contributed by atoms with Gasteiger partial charge in [-0.2, -0.15) is 0 Å². The van der Waals surface area contributed by atoms with Crippen LogP contribution < -0.4 is 0 Å². The van der Waals surface area contributed by atoms with E-state index in [-0.39, 0.29) is 23.8 Å². The fourth-order valence-corrected chi connectivity index (χ4v) is 3.56. The van der Waals surface area contributed by atoms with Crippen LogP contribution in [-0.4, -0.2) is 52.8 Å². The molecule has 0 aliphatic carbocycles. The Balaban J connectivity index is 1.39. The average molecular weight is 395 g/mol. The van der Waals surface area contributed by atoms with Gasteiger partial charge in [0.1, 0.15) is 0 Å². The van der Waals surface area contributed by atoms with Crippen molar-refractivity contribution in [2.24, 2.45) is 0 Å². The minimum atomic E-state index is -1.05. The highest BCUT2D eigenvalue weighted by Crippen LogP contribution is 2.18. The summed E-state index contributed by atoms with van der Waals surface area (Å²) in [5, 5.41) is 0.986. The second-order valence-corrected chi connectivity index (χ2v) is 6.97. The molecule has 1 aromatic heterocycles. The molecule has 0 saturated carbocycles. The Bertz CT molecular complexity index is 1070. The third kappa shape index (κ3) is 3.94. The topological polar surface area (TPSA) is 53.5 Å². The smallest absolute Gasteiger partial charge is 0.254 e. The van der Waals surface area contributed by atoms with Crippen molar-refractivity contribution < 1.29 is 18.4 Å². The van der Waals surface area contributed by atoms with Crippen LogP contribution in [0.3, 0.4) is 0 Å². The van der Waals surface area contributed by atoms with E-state index in [9.17, 15) is 18.4 Å². The van der Waals surface area contributed by atoms with Crippen LogP contribution in [0.5, 0.6) is 0 Å². The number of halogens is 2. The molecule has 0 radical (unpaired) electrons. The quantitative estimate of drug-likeness (QED) is 0.685. The molecule has 0 unspecified atom stereocenters. The Kier molecular flexibility index (Phi) is 5.20. The minimum Gasteiger partial charge on any atom is -0.339 e. The third-order valence-corrected chi connectivity index (χ3v) is 5.14. The largest absolute Gasteiger partial charge is 0.339 e. The van der Waals surface area contributed by atoms with Crippen molar-refractivity contribution in [2.45, 2.75) is 6.42 Å². The molecule has 2 aromatic carbocycles. The highest BCUT2D eigenvalue weighted by Gasteiger charge is 2.25. The molecule has 3 aromatic rings. The minimum absolute atomic E-state index is 0.0249. The number of para-hydroxylation sites is 1. The molecule has 0 N–H and O–H groups in total. The normalized spacial score (nSPS) is 14.3. The standard InChI is InChI=1S/C22H19F2N3O2/c23-18-7-6-17(13-19(18)24)22(29)27-11-9-26(10-12-27)20(28)14-16-4-1-3-15-5-2-8-25-21(15)16/h1-8,13H,9-12,14H2. The summed E-state index contributed by atoms with van der Waals surface area (Å²) < 4.78 is 26.5. The lowest BCUT2D eigenvalue weighted by Gasteiger charge is -2.35. The zero-order valence-corrected chi connectivity index (χ0v) is 15.6. The second-order valence-electron chi connectivity index (χ2n) is 6.97. The Labute approximate surface area is 166 Å². The van der Waals surface area contributed by atoms with Gasteiger partial charge in [-0.25, -0.2) is 8.78 Å². The summed E-state index contributed by atoms with van der Waals surface area (Å²) in [7, 11) is 0. The van der Waals surface area contributed by atoms with E-state index in [0.717, 1.165) is 28.6 Å². The first-order valence-corrected chi connectivity index (χ1v) is 9.37. The number of carbonyl (C=O) groups is 2. The van der Waals surface area contributed by atoms with Crippen LogP contribution in [0.1, 0.15) is 15.9 Å². The lowest BCUT2D eigenvalue weighted by molar-refractivity contribution is -0.131. The van der Waals surface area contributed by atoms with Gasteiger partial charge in [0.15, 0.2) is 11.6 Å². The molecule has 2 heterocycles. The van der Waals surface area contributed by atoms with Crippen LogP contribution in [-0.2, 0) is 11.2 Å². The second kappa shape index (κ2) is 7.95. The number of hydrogen-bond donors (Lipinski definition) is 0. The Hall–Kier alpha value is -3.35. The Morgan fingerprint density at radius 2 is 1.62 bits per heavy atom. The Morgan fingerprint density at radius 1 is 0.897 bits per heavy atom. The molecule has 148 valence electrons. The van der Waals surface area contributed by atoms with Gasteiger partial charge in [-0.15, -0.1) is 0 Å². The van der Waals surface area contributed by atoms with E-state index in [1.165, 1.54) is 6.07 Å². The van der Waals surface area contributed by atoms with Gasteiger partial charge >= 0.3 is 0 Å². The lowest BCUT2D eigenvalue weighted by Crippen LogP contribution is -2.51. The molecule has 0 bridgehead atoms. The number of aromatic nitrogens is 1. The van der Waals surface area contributed by atoms with E-state index in [1.807, 2.05) is 30.3 Å². The molecular formula is C22H19F2N3O2. The van der Waals surface area contributed by atoms with Crippen LogP contribution >= 0.6 is 0 Å². The van der Waals surface area contributed by atoms with Gasteiger partial charge in [-0.05, 0) is 29.8 Å². The predicted octanol–water partition coefficient (Wildman–Crippen LogP) is 3.04. The van der Waals surface area contributed by atoms with Crippen LogP contribution in [0.25, 0.3) is 10.9 Å². The summed E-state index contributed by atoms with van der Waals surface area (Å²) in [4.78, 5) is 32.9. The number of nitrogens with zero attached hydrogens (tertiary/aromatic N) is 3. The SMILES string of the molecule is O=C(Cc1cccc2cccnc12)N1CCN(C(=O)c2ccc(F)c(F)c2)CC1. The first-order chi connectivity index (χ1) is 14.0. The van der Waals surface area contributed by atoms with Gasteiger partial charge in [0.05, 0.1) is 11.9 Å². The van der Waals surface area contributed by atoms with E-state index < -0.39 is 11.6 Å². The van der Waals surface area contributed by atoms with Crippen molar-refractivity contribution in [1.82, 2.24) is 14.8 Å². The van der Waals surface area contributed by atoms with Gasteiger partial charge < -0.3 is 9.80 Å². The number of carbonyl (C=O) groups excluding carboxylic acids is 2. The fraction of sp³-hybridized carbons (Fsp3) is 0.227. The van der Waals surface area contributed by atoms with E-state index in [2.05, 4.69) is 4.98 Å². The summed E-state index contributed by atoms with van der Waals surface area (Å²) in [6.07, 6.45) is 1.95. The molecule has 1 aliphatic heterocycles. The molecule has 2 amide bonds. The van der Waals surface area contributed by atoms with E-state index in [0.29, 0.717) is 26.2 Å². The summed E-state index contributed by atoms with van der Waals surface area (Å²) >= 11 is 0. The highest BCUT2D eigenvalue weighted by molar-refractivity contribution is 5.94. The van der Waals surface area contributed by atoms with Crippen molar-refractivity contribution in [3.8, 4) is 0 Å². The van der Waals surface area contributed by atoms with Crippen molar-refractivity contribution in [1.29, 1.82) is 0 Å². The zero-order valence-electron chi connectivity index (χ0n) is 15.6. The molecule has 1 aliphatic rings. The van der Waals surface area contributed by atoms with E-state index in [4.69, 9.17) is 0 Å². The van der Waals surface area contributed by atoms with Crippen LogP contribution in [0.2, 0.25) is 0 Å². The van der Waals surface area contributed by atoms with E-state index in [1.54, 1.807) is 16.0 Å². The van der Waals surface area contributed by atoms with Gasteiger partial charge in [0.25, 0.3) is 5.91 Å². The first kappa shape index (κ1) is 19.0. The molecule has 5 nitrogen and oxygen atoms in total. The highest BCUT2D eigenvalue weighted by atomic mass is 19.2. The lowest BCUT2D eigenvalue weighted by atomic mass is 10.1. The molecule has 7 heteroatoms. The molecule has 0 atom stereocenters. The molecule has 1 saturated heterocycles.